The van der Waals surface area contributed by atoms with E-state index in [-0.39, 0.29) is 11.8 Å². The molecule has 0 radical (unpaired) electrons. The number of ether oxygens (including phenoxy) is 1. The summed E-state index contributed by atoms with van der Waals surface area (Å²) in [4.78, 5) is 27.4. The molecular weight excluding hydrogens is 256 g/mol. The molecule has 5 heteroatoms. The van der Waals surface area contributed by atoms with Crippen molar-refractivity contribution >= 4 is 11.8 Å². The van der Waals surface area contributed by atoms with Gasteiger partial charge in [0.1, 0.15) is 0 Å². The first kappa shape index (κ1) is 17.0. The molecule has 0 bridgehead atoms. The highest BCUT2D eigenvalue weighted by molar-refractivity contribution is 5.78. The number of rotatable bonds is 7. The van der Waals surface area contributed by atoms with Crippen LogP contribution in [-0.2, 0) is 14.3 Å². The molecule has 1 atom stereocenters. The van der Waals surface area contributed by atoms with Gasteiger partial charge in [-0.25, -0.2) is 0 Å². The number of hydrogen-bond donors (Lipinski definition) is 0. The topological polar surface area (TPSA) is 49.9 Å². The summed E-state index contributed by atoms with van der Waals surface area (Å²) in [5.41, 5.74) is 0. The predicted octanol–water partition coefficient (Wildman–Crippen LogP) is 1.52. The van der Waals surface area contributed by atoms with Crippen molar-refractivity contribution in [2.45, 2.75) is 39.5 Å². The van der Waals surface area contributed by atoms with E-state index in [0.29, 0.717) is 32.0 Å². The Balaban J connectivity index is 2.34. The summed E-state index contributed by atoms with van der Waals surface area (Å²) in [7, 11) is 1.65. The van der Waals surface area contributed by atoms with E-state index < -0.39 is 0 Å². The second-order valence-electron chi connectivity index (χ2n) is 5.69. The van der Waals surface area contributed by atoms with Crippen LogP contribution in [0.4, 0.5) is 0 Å². The fraction of sp³-hybridized carbons (Fsp3) is 0.867. The maximum Gasteiger partial charge on any atom is 0.224 e. The Hall–Kier alpha value is -1.10. The monoisotopic (exact) mass is 284 g/mol. The normalized spacial score (nSPS) is 18.9. The van der Waals surface area contributed by atoms with Crippen LogP contribution in [0.3, 0.4) is 0 Å². The maximum absolute atomic E-state index is 12.2. The fourth-order valence-electron chi connectivity index (χ4n) is 2.63. The average molecular weight is 284 g/mol. The van der Waals surface area contributed by atoms with Crippen LogP contribution in [0.2, 0.25) is 0 Å². The molecule has 1 saturated heterocycles. The summed E-state index contributed by atoms with van der Waals surface area (Å²) in [6.45, 7) is 7.29. The molecule has 1 heterocycles. The van der Waals surface area contributed by atoms with Crippen molar-refractivity contribution in [3.8, 4) is 0 Å². The van der Waals surface area contributed by atoms with Gasteiger partial charge in [-0.05, 0) is 25.2 Å². The minimum absolute atomic E-state index is 0.0286. The van der Waals surface area contributed by atoms with Gasteiger partial charge >= 0.3 is 0 Å². The lowest BCUT2D eigenvalue weighted by Crippen LogP contribution is -2.41. The third-order valence-electron chi connectivity index (χ3n) is 3.83. The van der Waals surface area contributed by atoms with Crippen LogP contribution in [0.5, 0.6) is 0 Å². The first-order chi connectivity index (χ1) is 9.54. The Morgan fingerprint density at radius 2 is 2.10 bits per heavy atom. The molecule has 0 N–H and O–H groups in total. The van der Waals surface area contributed by atoms with Crippen LogP contribution >= 0.6 is 0 Å². The molecule has 1 fully saturated rings. The SMILES string of the molecule is COCCCN(CCC(=O)N1CCCC(C)C1)C(C)=O. The number of carbonyl (C=O) groups excluding carboxylic acids is 2. The Morgan fingerprint density at radius 1 is 1.35 bits per heavy atom. The van der Waals surface area contributed by atoms with Crippen LogP contribution in [0.15, 0.2) is 0 Å². The second kappa shape index (κ2) is 8.95. The van der Waals surface area contributed by atoms with Crippen molar-refractivity contribution < 1.29 is 14.3 Å². The fourth-order valence-corrected chi connectivity index (χ4v) is 2.63. The quantitative estimate of drug-likeness (QED) is 0.666. The summed E-state index contributed by atoms with van der Waals surface area (Å²) in [5.74, 6) is 0.800. The van der Waals surface area contributed by atoms with E-state index in [1.54, 1.807) is 18.9 Å². The third kappa shape index (κ3) is 5.90. The number of likely N-dealkylation sites (tertiary alicyclic amines) is 1. The van der Waals surface area contributed by atoms with E-state index in [1.807, 2.05) is 4.90 Å². The molecule has 0 aromatic rings. The minimum atomic E-state index is 0.0286. The third-order valence-corrected chi connectivity index (χ3v) is 3.83. The van der Waals surface area contributed by atoms with Crippen LogP contribution in [0.1, 0.15) is 39.5 Å². The summed E-state index contributed by atoms with van der Waals surface area (Å²) in [6.07, 6.45) is 3.54. The number of carbonyl (C=O) groups is 2. The van der Waals surface area contributed by atoms with E-state index in [4.69, 9.17) is 4.74 Å². The van der Waals surface area contributed by atoms with E-state index in [9.17, 15) is 9.59 Å². The van der Waals surface area contributed by atoms with Crippen LogP contribution in [0, 0.1) is 5.92 Å². The molecule has 20 heavy (non-hydrogen) atoms. The Labute approximate surface area is 122 Å². The number of amides is 2. The van der Waals surface area contributed by atoms with Crippen molar-refractivity contribution in [2.75, 3.05) is 39.9 Å². The molecule has 1 rings (SSSR count). The van der Waals surface area contributed by atoms with Crippen LogP contribution in [-0.4, -0.2) is 61.5 Å². The van der Waals surface area contributed by atoms with Crippen molar-refractivity contribution in [3.05, 3.63) is 0 Å². The molecule has 1 unspecified atom stereocenters. The molecule has 5 nitrogen and oxygen atoms in total. The smallest absolute Gasteiger partial charge is 0.224 e. The Morgan fingerprint density at radius 3 is 2.70 bits per heavy atom. The van der Waals surface area contributed by atoms with E-state index in [1.165, 1.54) is 6.42 Å². The van der Waals surface area contributed by atoms with Gasteiger partial charge in [-0.2, -0.15) is 0 Å². The second-order valence-corrected chi connectivity index (χ2v) is 5.69. The highest BCUT2D eigenvalue weighted by Crippen LogP contribution is 2.16. The summed E-state index contributed by atoms with van der Waals surface area (Å²) in [5, 5.41) is 0. The zero-order chi connectivity index (χ0) is 15.0. The summed E-state index contributed by atoms with van der Waals surface area (Å²) in [6, 6.07) is 0. The average Bonchev–Trinajstić information content (AvgIpc) is 2.42. The van der Waals surface area contributed by atoms with Gasteiger partial charge in [0.15, 0.2) is 0 Å². The molecule has 0 aromatic carbocycles. The summed E-state index contributed by atoms with van der Waals surface area (Å²) < 4.78 is 4.99. The molecule has 0 spiro atoms. The molecule has 116 valence electrons. The first-order valence-electron chi connectivity index (χ1n) is 7.56. The van der Waals surface area contributed by atoms with Gasteiger partial charge in [0, 0.05) is 53.2 Å². The predicted molar refractivity (Wildman–Crippen MR) is 78.3 cm³/mol. The Bertz CT molecular complexity index is 320. The van der Waals surface area contributed by atoms with E-state index >= 15 is 0 Å². The standard InChI is InChI=1S/C15H28N2O3/c1-13-6-4-8-17(12-13)15(19)7-10-16(14(2)18)9-5-11-20-3/h13H,4-12H2,1-3H3. The summed E-state index contributed by atoms with van der Waals surface area (Å²) >= 11 is 0. The van der Waals surface area contributed by atoms with Crippen molar-refractivity contribution in [1.82, 2.24) is 9.80 Å². The van der Waals surface area contributed by atoms with Gasteiger partial charge in [0.2, 0.25) is 11.8 Å². The minimum Gasteiger partial charge on any atom is -0.385 e. The molecular formula is C15H28N2O3. The van der Waals surface area contributed by atoms with Gasteiger partial charge in [-0.1, -0.05) is 6.92 Å². The first-order valence-corrected chi connectivity index (χ1v) is 7.56. The van der Waals surface area contributed by atoms with Gasteiger partial charge < -0.3 is 14.5 Å². The van der Waals surface area contributed by atoms with Crippen molar-refractivity contribution in [3.63, 3.8) is 0 Å². The molecule has 2 amide bonds. The highest BCUT2D eigenvalue weighted by Gasteiger charge is 2.21. The van der Waals surface area contributed by atoms with Gasteiger partial charge in [-0.15, -0.1) is 0 Å². The van der Waals surface area contributed by atoms with Crippen molar-refractivity contribution in [1.29, 1.82) is 0 Å². The molecule has 1 aliphatic heterocycles. The van der Waals surface area contributed by atoms with Crippen LogP contribution < -0.4 is 0 Å². The molecule has 0 saturated carbocycles. The number of hydrogen-bond acceptors (Lipinski definition) is 3. The van der Waals surface area contributed by atoms with E-state index in [0.717, 1.165) is 25.9 Å². The lowest BCUT2D eigenvalue weighted by molar-refractivity contribution is -0.134. The highest BCUT2D eigenvalue weighted by atomic mass is 16.5. The maximum atomic E-state index is 12.2. The lowest BCUT2D eigenvalue weighted by atomic mass is 10.00. The molecule has 0 aromatic heterocycles. The number of nitrogens with zero attached hydrogens (tertiary/aromatic N) is 2. The van der Waals surface area contributed by atoms with E-state index in [2.05, 4.69) is 6.92 Å². The van der Waals surface area contributed by atoms with Gasteiger partial charge in [0.05, 0.1) is 0 Å². The van der Waals surface area contributed by atoms with Crippen LogP contribution in [0.25, 0.3) is 0 Å². The number of piperidine rings is 1. The molecule has 0 aliphatic carbocycles. The van der Waals surface area contributed by atoms with Crippen molar-refractivity contribution in [2.24, 2.45) is 5.92 Å². The Kier molecular flexibility index (Phi) is 7.59. The zero-order valence-corrected chi connectivity index (χ0v) is 13.1. The molecule has 1 aliphatic rings. The largest absolute Gasteiger partial charge is 0.385 e. The van der Waals surface area contributed by atoms with Gasteiger partial charge in [-0.3, -0.25) is 9.59 Å². The number of methoxy groups -OCH3 is 1. The lowest BCUT2D eigenvalue weighted by Gasteiger charge is -2.31. The van der Waals surface area contributed by atoms with Gasteiger partial charge in [0.25, 0.3) is 0 Å². The zero-order valence-electron chi connectivity index (χ0n) is 13.1.